The Morgan fingerprint density at radius 1 is 1.75 bits per heavy atom. The molecule has 1 aromatic rings. The number of hydrogen-bond acceptors (Lipinski definition) is 2. The minimum absolute atomic E-state index is 0.546. The van der Waals surface area contributed by atoms with Crippen LogP contribution in [-0.4, -0.2) is 9.78 Å². The van der Waals surface area contributed by atoms with Gasteiger partial charge in [0.1, 0.15) is 5.82 Å². The molecule has 1 aromatic heterocycles. The van der Waals surface area contributed by atoms with E-state index >= 15 is 0 Å². The first-order valence-corrected chi connectivity index (χ1v) is 3.74. The molecule has 0 fully saturated rings. The number of nitrogens with two attached hydrogens (primary N) is 1. The molecule has 0 aliphatic carbocycles. The summed E-state index contributed by atoms with van der Waals surface area (Å²) in [6.45, 7) is 5.62. The highest BCUT2D eigenvalue weighted by molar-refractivity contribution is 5.64. The van der Waals surface area contributed by atoms with Crippen LogP contribution in [0.4, 0.5) is 5.82 Å². The summed E-state index contributed by atoms with van der Waals surface area (Å²) in [4.78, 5) is 0. The van der Waals surface area contributed by atoms with E-state index in [1.165, 1.54) is 0 Å². The smallest absolute Gasteiger partial charge is 0.146 e. The summed E-state index contributed by atoms with van der Waals surface area (Å²) >= 11 is 0. The molecular formula is C9H13N3. The van der Waals surface area contributed by atoms with Crippen LogP contribution in [0.2, 0.25) is 0 Å². The highest BCUT2D eigenvalue weighted by atomic mass is 15.3. The number of aryl methyl sites for hydroxylation is 1. The van der Waals surface area contributed by atoms with E-state index in [0.717, 1.165) is 11.3 Å². The SMILES string of the molecule is C=C/C=C(/C)c1cc(N)nn1C. The maximum atomic E-state index is 5.53. The number of nitrogens with zero attached hydrogens (tertiary/aromatic N) is 2. The monoisotopic (exact) mass is 163 g/mol. The van der Waals surface area contributed by atoms with Crippen LogP contribution in [0.15, 0.2) is 24.8 Å². The quantitative estimate of drug-likeness (QED) is 0.673. The van der Waals surface area contributed by atoms with Gasteiger partial charge in [0.2, 0.25) is 0 Å². The fourth-order valence-electron chi connectivity index (χ4n) is 1.12. The first kappa shape index (κ1) is 8.59. The average molecular weight is 163 g/mol. The van der Waals surface area contributed by atoms with E-state index in [9.17, 15) is 0 Å². The van der Waals surface area contributed by atoms with Crippen molar-refractivity contribution in [1.82, 2.24) is 9.78 Å². The lowest BCUT2D eigenvalue weighted by Gasteiger charge is -1.98. The summed E-state index contributed by atoms with van der Waals surface area (Å²) in [7, 11) is 1.87. The van der Waals surface area contributed by atoms with Gasteiger partial charge in [-0.3, -0.25) is 4.68 Å². The predicted octanol–water partition coefficient (Wildman–Crippen LogP) is 1.59. The van der Waals surface area contributed by atoms with Crippen LogP contribution >= 0.6 is 0 Å². The Balaban J connectivity index is 3.10. The van der Waals surface area contributed by atoms with E-state index in [2.05, 4.69) is 11.7 Å². The Labute approximate surface area is 72.2 Å². The van der Waals surface area contributed by atoms with Gasteiger partial charge in [-0.05, 0) is 12.5 Å². The lowest BCUT2D eigenvalue weighted by atomic mass is 10.2. The number of rotatable bonds is 2. The first-order valence-electron chi connectivity index (χ1n) is 3.74. The number of aromatic nitrogens is 2. The van der Waals surface area contributed by atoms with E-state index in [1.807, 2.05) is 26.1 Å². The zero-order valence-corrected chi connectivity index (χ0v) is 7.41. The lowest BCUT2D eigenvalue weighted by molar-refractivity contribution is 0.760. The third-order valence-corrected chi connectivity index (χ3v) is 1.67. The van der Waals surface area contributed by atoms with Gasteiger partial charge in [-0.25, -0.2) is 0 Å². The Kier molecular flexibility index (Phi) is 2.33. The normalized spacial score (nSPS) is 11.7. The predicted molar refractivity (Wildman–Crippen MR) is 51.5 cm³/mol. The third kappa shape index (κ3) is 1.56. The highest BCUT2D eigenvalue weighted by Gasteiger charge is 2.02. The van der Waals surface area contributed by atoms with E-state index in [0.29, 0.717) is 5.82 Å². The molecule has 3 heteroatoms. The molecule has 0 bridgehead atoms. The molecule has 1 heterocycles. The second-order valence-electron chi connectivity index (χ2n) is 2.66. The number of hydrogen-bond donors (Lipinski definition) is 1. The average Bonchev–Trinajstić information content (AvgIpc) is 2.30. The number of anilines is 1. The molecular weight excluding hydrogens is 150 g/mol. The number of nitrogen functional groups attached to an aromatic ring is 1. The highest BCUT2D eigenvalue weighted by Crippen LogP contribution is 2.14. The van der Waals surface area contributed by atoms with Crippen molar-refractivity contribution < 1.29 is 0 Å². The van der Waals surface area contributed by atoms with Gasteiger partial charge < -0.3 is 5.73 Å². The van der Waals surface area contributed by atoms with Crippen molar-refractivity contribution in [3.8, 4) is 0 Å². The van der Waals surface area contributed by atoms with Gasteiger partial charge in [0.25, 0.3) is 0 Å². The number of allylic oxidation sites excluding steroid dienone is 3. The van der Waals surface area contributed by atoms with Crippen molar-refractivity contribution in [3.05, 3.63) is 30.5 Å². The first-order chi connectivity index (χ1) is 5.65. The molecule has 12 heavy (non-hydrogen) atoms. The molecule has 0 atom stereocenters. The van der Waals surface area contributed by atoms with Gasteiger partial charge in [0.15, 0.2) is 0 Å². The maximum absolute atomic E-state index is 5.53. The summed E-state index contributed by atoms with van der Waals surface area (Å²) in [6, 6.07) is 1.84. The molecule has 0 amide bonds. The largest absolute Gasteiger partial charge is 0.382 e. The van der Waals surface area contributed by atoms with Gasteiger partial charge in [0, 0.05) is 13.1 Å². The molecule has 1 rings (SSSR count). The zero-order chi connectivity index (χ0) is 9.14. The Morgan fingerprint density at radius 3 is 2.83 bits per heavy atom. The Morgan fingerprint density at radius 2 is 2.42 bits per heavy atom. The van der Waals surface area contributed by atoms with Crippen LogP contribution in [0.5, 0.6) is 0 Å². The Bertz CT molecular complexity index is 321. The fraction of sp³-hybridized carbons (Fsp3) is 0.222. The molecule has 2 N–H and O–H groups in total. The van der Waals surface area contributed by atoms with Crippen LogP contribution in [0.25, 0.3) is 5.57 Å². The maximum Gasteiger partial charge on any atom is 0.146 e. The molecule has 64 valence electrons. The standard InChI is InChI=1S/C9H13N3/c1-4-5-7(2)8-6-9(10)11-12(8)3/h4-6H,1H2,2-3H3,(H2,10,11)/b7-5-. The van der Waals surface area contributed by atoms with Crippen molar-refractivity contribution in [2.24, 2.45) is 7.05 Å². The molecule has 0 saturated heterocycles. The van der Waals surface area contributed by atoms with Crippen molar-refractivity contribution in [2.45, 2.75) is 6.92 Å². The second kappa shape index (κ2) is 3.26. The molecule has 0 aliphatic rings. The minimum Gasteiger partial charge on any atom is -0.382 e. The molecule has 0 unspecified atom stereocenters. The van der Waals surface area contributed by atoms with Crippen LogP contribution < -0.4 is 5.73 Å². The molecule has 0 radical (unpaired) electrons. The Hall–Kier alpha value is -1.51. The zero-order valence-electron chi connectivity index (χ0n) is 7.41. The lowest BCUT2D eigenvalue weighted by Crippen LogP contribution is -1.96. The summed E-state index contributed by atoms with van der Waals surface area (Å²) in [6.07, 6.45) is 3.68. The van der Waals surface area contributed by atoms with Gasteiger partial charge in [0.05, 0.1) is 5.69 Å². The molecule has 0 saturated carbocycles. The molecule has 0 aromatic carbocycles. The summed E-state index contributed by atoms with van der Waals surface area (Å²) in [5.41, 5.74) is 7.66. The summed E-state index contributed by atoms with van der Waals surface area (Å²) in [5.74, 6) is 0.546. The van der Waals surface area contributed by atoms with Gasteiger partial charge >= 0.3 is 0 Å². The van der Waals surface area contributed by atoms with E-state index in [1.54, 1.807) is 10.8 Å². The fourth-order valence-corrected chi connectivity index (χ4v) is 1.12. The van der Waals surface area contributed by atoms with Crippen molar-refractivity contribution >= 4 is 11.4 Å². The minimum atomic E-state index is 0.546. The van der Waals surface area contributed by atoms with E-state index < -0.39 is 0 Å². The van der Waals surface area contributed by atoms with Crippen molar-refractivity contribution in [3.63, 3.8) is 0 Å². The summed E-state index contributed by atoms with van der Waals surface area (Å²) in [5, 5.41) is 4.03. The van der Waals surface area contributed by atoms with Crippen LogP contribution in [0.3, 0.4) is 0 Å². The van der Waals surface area contributed by atoms with Crippen LogP contribution in [0, 0.1) is 0 Å². The van der Waals surface area contributed by atoms with Crippen molar-refractivity contribution in [1.29, 1.82) is 0 Å². The molecule has 3 nitrogen and oxygen atoms in total. The van der Waals surface area contributed by atoms with Crippen LogP contribution in [0.1, 0.15) is 12.6 Å². The topological polar surface area (TPSA) is 43.8 Å². The molecule has 0 spiro atoms. The summed E-state index contributed by atoms with van der Waals surface area (Å²) < 4.78 is 1.75. The second-order valence-corrected chi connectivity index (χ2v) is 2.66. The van der Waals surface area contributed by atoms with Gasteiger partial charge in [-0.1, -0.05) is 18.7 Å². The van der Waals surface area contributed by atoms with Crippen LogP contribution in [-0.2, 0) is 7.05 Å². The van der Waals surface area contributed by atoms with Crippen molar-refractivity contribution in [2.75, 3.05) is 5.73 Å². The van der Waals surface area contributed by atoms with Gasteiger partial charge in [-0.2, -0.15) is 5.10 Å². The van der Waals surface area contributed by atoms with E-state index in [4.69, 9.17) is 5.73 Å². The van der Waals surface area contributed by atoms with E-state index in [-0.39, 0.29) is 0 Å². The third-order valence-electron chi connectivity index (χ3n) is 1.67. The van der Waals surface area contributed by atoms with Gasteiger partial charge in [-0.15, -0.1) is 0 Å². The molecule has 0 aliphatic heterocycles.